The largest absolute Gasteiger partial charge is 0.497 e. The van der Waals surface area contributed by atoms with Crippen LogP contribution in [0, 0.1) is 12.8 Å². The van der Waals surface area contributed by atoms with Crippen LogP contribution in [0.2, 0.25) is 0 Å². The number of carbonyl (C=O) groups excluding carboxylic acids is 3. The molecule has 1 fully saturated rings. The molecular formula is C24H21N3O4. The predicted molar refractivity (Wildman–Crippen MR) is 112 cm³/mol. The zero-order valence-corrected chi connectivity index (χ0v) is 17.2. The van der Waals surface area contributed by atoms with Crippen molar-refractivity contribution in [3.8, 4) is 5.75 Å². The van der Waals surface area contributed by atoms with Gasteiger partial charge in [0, 0.05) is 36.9 Å². The Bertz CT molecular complexity index is 1130. The fourth-order valence-corrected chi connectivity index (χ4v) is 3.98. The summed E-state index contributed by atoms with van der Waals surface area (Å²) in [5.41, 5.74) is 2.48. The van der Waals surface area contributed by atoms with Gasteiger partial charge in [0.25, 0.3) is 5.91 Å². The third kappa shape index (κ3) is 3.82. The van der Waals surface area contributed by atoms with Gasteiger partial charge in [0.05, 0.1) is 13.2 Å². The summed E-state index contributed by atoms with van der Waals surface area (Å²) >= 11 is 0. The number of amides is 1. The third-order valence-corrected chi connectivity index (χ3v) is 5.49. The molecule has 3 aromatic rings. The quantitative estimate of drug-likeness (QED) is 0.349. The average Bonchev–Trinajstić information content (AvgIpc) is 3.04. The highest BCUT2D eigenvalue weighted by atomic mass is 16.5. The first-order valence-corrected chi connectivity index (χ1v) is 9.83. The van der Waals surface area contributed by atoms with E-state index < -0.39 is 23.7 Å². The minimum Gasteiger partial charge on any atom is -0.497 e. The molecule has 1 aliphatic rings. The molecule has 31 heavy (non-hydrogen) atoms. The van der Waals surface area contributed by atoms with Crippen LogP contribution in [0.5, 0.6) is 5.75 Å². The maximum absolute atomic E-state index is 13.5. The number of hydrogen-bond donors (Lipinski definition) is 0. The summed E-state index contributed by atoms with van der Waals surface area (Å²) in [6.45, 7) is 1.95. The molecule has 0 saturated carbocycles. The van der Waals surface area contributed by atoms with E-state index in [0.717, 1.165) is 5.56 Å². The molecule has 2 aromatic heterocycles. The second kappa shape index (κ2) is 8.47. The maximum Gasteiger partial charge on any atom is 0.291 e. The second-order valence-corrected chi connectivity index (χ2v) is 7.41. The minimum absolute atomic E-state index is 0.170. The van der Waals surface area contributed by atoms with Gasteiger partial charge >= 0.3 is 0 Å². The number of rotatable bonds is 6. The summed E-state index contributed by atoms with van der Waals surface area (Å²) in [4.78, 5) is 49.3. The number of aromatic nitrogens is 2. The minimum atomic E-state index is -1.15. The number of nitrogens with zero attached hydrogens (tertiary/aromatic N) is 3. The Morgan fingerprint density at radius 3 is 2.42 bits per heavy atom. The van der Waals surface area contributed by atoms with Crippen LogP contribution >= 0.6 is 0 Å². The summed E-state index contributed by atoms with van der Waals surface area (Å²) in [5.74, 6) is -2.31. The number of Topliss-reactive ketones (excluding diaryl/α,β-unsaturated/α-hetero) is 2. The average molecular weight is 415 g/mol. The van der Waals surface area contributed by atoms with E-state index in [2.05, 4.69) is 9.97 Å². The van der Waals surface area contributed by atoms with Gasteiger partial charge in [-0.2, -0.15) is 0 Å². The van der Waals surface area contributed by atoms with Gasteiger partial charge in [-0.05, 0) is 53.9 Å². The predicted octanol–water partition coefficient (Wildman–Crippen LogP) is 2.95. The summed E-state index contributed by atoms with van der Waals surface area (Å²) in [6, 6.07) is 11.4. The molecule has 4 rings (SSSR count). The molecule has 1 amide bonds. The lowest BCUT2D eigenvalue weighted by atomic mass is 9.85. The van der Waals surface area contributed by atoms with E-state index in [0.29, 0.717) is 22.4 Å². The van der Waals surface area contributed by atoms with Crippen molar-refractivity contribution in [1.82, 2.24) is 14.9 Å². The van der Waals surface area contributed by atoms with Crippen LogP contribution in [0.25, 0.3) is 0 Å². The molecule has 2 atom stereocenters. The number of benzene rings is 1. The van der Waals surface area contributed by atoms with E-state index in [-0.39, 0.29) is 12.3 Å². The molecule has 1 saturated heterocycles. The van der Waals surface area contributed by atoms with Gasteiger partial charge in [-0.3, -0.25) is 24.4 Å². The van der Waals surface area contributed by atoms with E-state index >= 15 is 0 Å². The van der Waals surface area contributed by atoms with Gasteiger partial charge in [-0.25, -0.2) is 0 Å². The van der Waals surface area contributed by atoms with Crippen molar-refractivity contribution in [2.45, 2.75) is 19.5 Å². The van der Waals surface area contributed by atoms with Gasteiger partial charge in [0.2, 0.25) is 5.78 Å². The molecule has 2 unspecified atom stereocenters. The molecule has 0 N–H and O–H groups in total. The first-order chi connectivity index (χ1) is 15.0. The van der Waals surface area contributed by atoms with Crippen molar-refractivity contribution in [3.05, 3.63) is 89.5 Å². The van der Waals surface area contributed by atoms with Crippen molar-refractivity contribution in [2.24, 2.45) is 5.92 Å². The van der Waals surface area contributed by atoms with Gasteiger partial charge in [-0.15, -0.1) is 0 Å². The van der Waals surface area contributed by atoms with Crippen LogP contribution in [-0.2, 0) is 16.1 Å². The standard InChI is InChI=1S/C24H21N3O4/c1-15-11-18(31-2)7-8-19(15)22(28)20-21(17-6-4-10-26-13-17)27(24(30)23(20)29)14-16-5-3-9-25-12-16/h3-13,20-21H,14H2,1-2H3. The Hall–Kier alpha value is -3.87. The summed E-state index contributed by atoms with van der Waals surface area (Å²) < 4.78 is 5.21. The van der Waals surface area contributed by atoms with E-state index in [9.17, 15) is 14.4 Å². The Morgan fingerprint density at radius 2 is 1.81 bits per heavy atom. The first kappa shape index (κ1) is 20.4. The molecule has 1 aromatic carbocycles. The lowest BCUT2D eigenvalue weighted by molar-refractivity contribution is -0.141. The van der Waals surface area contributed by atoms with E-state index in [1.165, 1.54) is 4.90 Å². The number of aryl methyl sites for hydroxylation is 1. The van der Waals surface area contributed by atoms with Crippen LogP contribution in [-0.4, -0.2) is 39.5 Å². The topological polar surface area (TPSA) is 89.5 Å². The molecule has 3 heterocycles. The third-order valence-electron chi connectivity index (χ3n) is 5.49. The van der Waals surface area contributed by atoms with Crippen LogP contribution in [0.1, 0.15) is 33.1 Å². The summed E-state index contributed by atoms with van der Waals surface area (Å²) in [6.07, 6.45) is 6.48. The summed E-state index contributed by atoms with van der Waals surface area (Å²) in [7, 11) is 1.55. The maximum atomic E-state index is 13.5. The SMILES string of the molecule is COc1ccc(C(=O)C2C(=O)C(=O)N(Cc3cccnc3)C2c2cccnc2)c(C)c1. The van der Waals surface area contributed by atoms with Gasteiger partial charge in [0.1, 0.15) is 11.7 Å². The van der Waals surface area contributed by atoms with Crippen LogP contribution in [0.4, 0.5) is 0 Å². The zero-order valence-electron chi connectivity index (χ0n) is 17.2. The monoisotopic (exact) mass is 415 g/mol. The molecule has 0 radical (unpaired) electrons. The number of pyridine rings is 2. The zero-order chi connectivity index (χ0) is 22.0. The highest BCUT2D eigenvalue weighted by Crippen LogP contribution is 2.39. The van der Waals surface area contributed by atoms with E-state index in [1.807, 2.05) is 6.07 Å². The molecule has 1 aliphatic heterocycles. The highest BCUT2D eigenvalue weighted by molar-refractivity contribution is 6.44. The lowest BCUT2D eigenvalue weighted by Gasteiger charge is -2.27. The summed E-state index contributed by atoms with van der Waals surface area (Å²) in [5, 5.41) is 0. The van der Waals surface area contributed by atoms with Crippen molar-refractivity contribution >= 4 is 17.5 Å². The molecule has 0 aliphatic carbocycles. The van der Waals surface area contributed by atoms with Crippen molar-refractivity contribution in [3.63, 3.8) is 0 Å². The van der Waals surface area contributed by atoms with Crippen molar-refractivity contribution in [2.75, 3.05) is 7.11 Å². The van der Waals surface area contributed by atoms with Gasteiger partial charge in [-0.1, -0.05) is 12.1 Å². The number of ether oxygens (including phenoxy) is 1. The number of hydrogen-bond acceptors (Lipinski definition) is 6. The number of carbonyl (C=O) groups is 3. The first-order valence-electron chi connectivity index (χ1n) is 9.83. The van der Waals surface area contributed by atoms with Crippen molar-refractivity contribution < 1.29 is 19.1 Å². The fourth-order valence-electron chi connectivity index (χ4n) is 3.98. The molecule has 156 valence electrons. The molecule has 7 heteroatoms. The lowest BCUT2D eigenvalue weighted by Crippen LogP contribution is -2.30. The molecule has 7 nitrogen and oxygen atoms in total. The highest BCUT2D eigenvalue weighted by Gasteiger charge is 2.51. The van der Waals surface area contributed by atoms with Crippen molar-refractivity contribution in [1.29, 1.82) is 0 Å². The Labute approximate surface area is 179 Å². The normalized spacial score (nSPS) is 18.3. The number of methoxy groups -OCH3 is 1. The van der Waals surface area contributed by atoms with Crippen LogP contribution in [0.15, 0.2) is 67.3 Å². The second-order valence-electron chi connectivity index (χ2n) is 7.41. The molecule has 0 bridgehead atoms. The van der Waals surface area contributed by atoms with Crippen LogP contribution in [0.3, 0.4) is 0 Å². The number of likely N-dealkylation sites (tertiary alicyclic amines) is 1. The molecular weight excluding hydrogens is 394 g/mol. The Balaban J connectivity index is 1.77. The molecule has 0 spiro atoms. The van der Waals surface area contributed by atoms with Gasteiger partial charge < -0.3 is 9.64 Å². The Kier molecular flexibility index (Phi) is 5.58. The van der Waals surface area contributed by atoms with E-state index in [4.69, 9.17) is 4.74 Å². The fraction of sp³-hybridized carbons (Fsp3) is 0.208. The number of ketones is 2. The smallest absolute Gasteiger partial charge is 0.291 e. The van der Waals surface area contributed by atoms with E-state index in [1.54, 1.807) is 75.2 Å². The van der Waals surface area contributed by atoms with Crippen LogP contribution < -0.4 is 4.74 Å². The van der Waals surface area contributed by atoms with Gasteiger partial charge in [0.15, 0.2) is 5.78 Å². The Morgan fingerprint density at radius 1 is 1.06 bits per heavy atom.